The molecule has 1 saturated carbocycles. The Morgan fingerprint density at radius 2 is 2.06 bits per heavy atom. The maximum Gasteiger partial charge on any atom is 0.216 e. The third-order valence-electron chi connectivity index (χ3n) is 3.82. The molecule has 0 atom stereocenters. The van der Waals surface area contributed by atoms with Gasteiger partial charge in [-0.15, -0.1) is 0 Å². The Balaban J connectivity index is 1.94. The third kappa shape index (κ3) is 2.84. The highest BCUT2D eigenvalue weighted by atomic mass is 16.5. The van der Waals surface area contributed by atoms with E-state index in [0.29, 0.717) is 12.1 Å². The molecule has 3 N–H and O–H groups in total. The van der Waals surface area contributed by atoms with Gasteiger partial charge in [-0.05, 0) is 32.6 Å². The quantitative estimate of drug-likeness (QED) is 0.842. The number of rotatable bonds is 4. The van der Waals surface area contributed by atoms with Crippen molar-refractivity contribution in [1.82, 2.24) is 15.1 Å². The van der Waals surface area contributed by atoms with Crippen molar-refractivity contribution >= 4 is 0 Å². The Bertz CT molecular complexity index is 394. The van der Waals surface area contributed by atoms with E-state index in [4.69, 9.17) is 10.5 Å². The van der Waals surface area contributed by atoms with Crippen LogP contribution in [0.25, 0.3) is 0 Å². The lowest BCUT2D eigenvalue weighted by Gasteiger charge is -2.27. The van der Waals surface area contributed by atoms with E-state index < -0.39 is 0 Å². The van der Waals surface area contributed by atoms with E-state index in [1.54, 1.807) is 11.8 Å². The van der Waals surface area contributed by atoms with Crippen LogP contribution in [0.3, 0.4) is 0 Å². The normalized spacial score (nSPS) is 24.2. The summed E-state index contributed by atoms with van der Waals surface area (Å²) in [5, 5.41) is 7.99. The summed E-state index contributed by atoms with van der Waals surface area (Å²) in [7, 11) is 3.61. The first-order chi connectivity index (χ1) is 8.61. The fraction of sp³-hybridized carbons (Fsp3) is 0.769. The van der Waals surface area contributed by atoms with Crippen molar-refractivity contribution in [3.05, 3.63) is 11.3 Å². The molecule has 1 aliphatic rings. The maximum absolute atomic E-state index is 5.92. The Hall–Kier alpha value is -1.07. The highest BCUT2D eigenvalue weighted by molar-refractivity contribution is 5.30. The number of hydrogen-bond acceptors (Lipinski definition) is 4. The second kappa shape index (κ2) is 5.71. The summed E-state index contributed by atoms with van der Waals surface area (Å²) in [4.78, 5) is 0. The fourth-order valence-electron chi connectivity index (χ4n) is 2.71. The van der Waals surface area contributed by atoms with Crippen LogP contribution in [0.5, 0.6) is 5.88 Å². The van der Waals surface area contributed by atoms with Gasteiger partial charge in [0.05, 0.1) is 18.4 Å². The number of nitrogens with zero attached hydrogens (tertiary/aromatic N) is 2. The summed E-state index contributed by atoms with van der Waals surface area (Å²) >= 11 is 0. The van der Waals surface area contributed by atoms with Gasteiger partial charge >= 0.3 is 0 Å². The molecule has 1 aromatic heterocycles. The zero-order valence-corrected chi connectivity index (χ0v) is 11.6. The number of methoxy groups -OCH3 is 1. The van der Waals surface area contributed by atoms with Gasteiger partial charge in [0.25, 0.3) is 0 Å². The molecule has 1 aliphatic carbocycles. The standard InChI is InChI=1S/C13H24N4O/c1-9-12(13(18-3)17(2)16-9)8-15-11-6-4-10(14)5-7-11/h10-11,15H,4-8,14H2,1-3H3. The van der Waals surface area contributed by atoms with Crippen molar-refractivity contribution in [1.29, 1.82) is 0 Å². The van der Waals surface area contributed by atoms with Crippen molar-refractivity contribution in [2.24, 2.45) is 12.8 Å². The molecule has 18 heavy (non-hydrogen) atoms. The zero-order valence-electron chi connectivity index (χ0n) is 11.6. The lowest BCUT2D eigenvalue weighted by Crippen LogP contribution is -2.37. The number of nitrogens with one attached hydrogen (secondary N) is 1. The average molecular weight is 252 g/mol. The molecule has 0 bridgehead atoms. The van der Waals surface area contributed by atoms with E-state index in [1.807, 2.05) is 14.0 Å². The van der Waals surface area contributed by atoms with Crippen molar-refractivity contribution in [2.45, 2.75) is 51.2 Å². The highest BCUT2D eigenvalue weighted by Crippen LogP contribution is 2.22. The minimum atomic E-state index is 0.401. The summed E-state index contributed by atoms with van der Waals surface area (Å²) < 4.78 is 7.19. The van der Waals surface area contributed by atoms with Gasteiger partial charge in [0.1, 0.15) is 0 Å². The molecule has 0 spiro atoms. The first kappa shape index (κ1) is 13.4. The molecule has 0 aromatic carbocycles. The fourth-order valence-corrected chi connectivity index (χ4v) is 2.71. The molecule has 1 heterocycles. The number of nitrogens with two attached hydrogens (primary N) is 1. The van der Waals surface area contributed by atoms with E-state index in [9.17, 15) is 0 Å². The predicted molar refractivity (Wildman–Crippen MR) is 71.6 cm³/mol. The summed E-state index contributed by atoms with van der Waals surface area (Å²) in [5.74, 6) is 0.854. The Labute approximate surface area is 109 Å². The summed E-state index contributed by atoms with van der Waals surface area (Å²) in [5.41, 5.74) is 8.11. The van der Waals surface area contributed by atoms with Crippen LogP contribution in [0.2, 0.25) is 0 Å². The molecule has 0 amide bonds. The molecule has 1 aromatic rings. The summed E-state index contributed by atoms with van der Waals surface area (Å²) in [6, 6.07) is 0.979. The monoisotopic (exact) mass is 252 g/mol. The Morgan fingerprint density at radius 1 is 1.39 bits per heavy atom. The number of aryl methyl sites for hydroxylation is 2. The average Bonchev–Trinajstić information content (AvgIpc) is 2.62. The molecular weight excluding hydrogens is 228 g/mol. The van der Waals surface area contributed by atoms with Crippen molar-refractivity contribution in [2.75, 3.05) is 7.11 Å². The van der Waals surface area contributed by atoms with Crippen molar-refractivity contribution in [3.63, 3.8) is 0 Å². The Kier molecular flexibility index (Phi) is 4.24. The van der Waals surface area contributed by atoms with Crippen LogP contribution in [0.4, 0.5) is 0 Å². The van der Waals surface area contributed by atoms with Crippen LogP contribution >= 0.6 is 0 Å². The SMILES string of the molecule is COc1c(CNC2CCC(N)CC2)c(C)nn1C. The molecule has 2 rings (SSSR count). The first-order valence-electron chi connectivity index (χ1n) is 6.67. The van der Waals surface area contributed by atoms with E-state index >= 15 is 0 Å². The molecule has 102 valence electrons. The summed E-state index contributed by atoms with van der Waals surface area (Å²) in [6.45, 7) is 2.85. The molecular formula is C13H24N4O. The van der Waals surface area contributed by atoms with Crippen LogP contribution in [-0.4, -0.2) is 29.0 Å². The topological polar surface area (TPSA) is 65.1 Å². The van der Waals surface area contributed by atoms with E-state index in [1.165, 1.54) is 12.8 Å². The summed E-state index contributed by atoms with van der Waals surface area (Å²) in [6.07, 6.45) is 4.59. The van der Waals surface area contributed by atoms with Gasteiger partial charge in [0.2, 0.25) is 5.88 Å². The van der Waals surface area contributed by atoms with Gasteiger partial charge in [0, 0.05) is 25.7 Å². The molecule has 0 aliphatic heterocycles. The molecule has 0 unspecified atom stereocenters. The largest absolute Gasteiger partial charge is 0.481 e. The van der Waals surface area contributed by atoms with Gasteiger partial charge in [-0.3, -0.25) is 0 Å². The van der Waals surface area contributed by atoms with E-state index in [-0.39, 0.29) is 0 Å². The third-order valence-corrected chi connectivity index (χ3v) is 3.82. The first-order valence-corrected chi connectivity index (χ1v) is 6.67. The lowest BCUT2D eigenvalue weighted by atomic mass is 9.92. The van der Waals surface area contributed by atoms with Gasteiger partial charge in [0.15, 0.2) is 0 Å². The lowest BCUT2D eigenvalue weighted by molar-refractivity contribution is 0.335. The van der Waals surface area contributed by atoms with Gasteiger partial charge < -0.3 is 15.8 Å². The smallest absolute Gasteiger partial charge is 0.216 e. The van der Waals surface area contributed by atoms with Crippen molar-refractivity contribution < 1.29 is 4.74 Å². The molecule has 0 saturated heterocycles. The van der Waals surface area contributed by atoms with Crippen LogP contribution in [0.15, 0.2) is 0 Å². The van der Waals surface area contributed by atoms with Crippen molar-refractivity contribution in [3.8, 4) is 5.88 Å². The van der Waals surface area contributed by atoms with Gasteiger partial charge in [-0.2, -0.15) is 5.10 Å². The minimum absolute atomic E-state index is 0.401. The zero-order chi connectivity index (χ0) is 13.1. The van der Waals surface area contributed by atoms with Gasteiger partial charge in [-0.25, -0.2) is 4.68 Å². The number of aromatic nitrogens is 2. The van der Waals surface area contributed by atoms with Crippen LogP contribution < -0.4 is 15.8 Å². The highest BCUT2D eigenvalue weighted by Gasteiger charge is 2.20. The van der Waals surface area contributed by atoms with Crippen LogP contribution in [0, 0.1) is 6.92 Å². The predicted octanol–water partition coefficient (Wildman–Crippen LogP) is 1.10. The van der Waals surface area contributed by atoms with Gasteiger partial charge in [-0.1, -0.05) is 0 Å². The second-order valence-electron chi connectivity index (χ2n) is 5.19. The van der Waals surface area contributed by atoms with E-state index in [2.05, 4.69) is 10.4 Å². The van der Waals surface area contributed by atoms with Crippen LogP contribution in [0.1, 0.15) is 36.9 Å². The number of hydrogen-bond donors (Lipinski definition) is 2. The molecule has 5 nitrogen and oxygen atoms in total. The van der Waals surface area contributed by atoms with E-state index in [0.717, 1.165) is 36.5 Å². The molecule has 1 fully saturated rings. The molecule has 0 radical (unpaired) electrons. The second-order valence-corrected chi connectivity index (χ2v) is 5.19. The maximum atomic E-state index is 5.92. The van der Waals surface area contributed by atoms with Crippen LogP contribution in [-0.2, 0) is 13.6 Å². The Morgan fingerprint density at radius 3 is 2.67 bits per heavy atom. The molecule has 5 heteroatoms. The minimum Gasteiger partial charge on any atom is -0.481 e. The number of ether oxygens (including phenoxy) is 1.